The first-order valence-electron chi connectivity index (χ1n) is 9.91. The Morgan fingerprint density at radius 1 is 1.26 bits per heavy atom. The molecular formula is C21H32N2O4. The van der Waals surface area contributed by atoms with Crippen LogP contribution in [-0.2, 0) is 20.7 Å². The zero-order valence-electron chi connectivity index (χ0n) is 16.5. The lowest BCUT2D eigenvalue weighted by Crippen LogP contribution is -2.35. The Bertz CT molecular complexity index is 606. The first kappa shape index (κ1) is 21.2. The maximum atomic E-state index is 12.5. The molecule has 0 spiro atoms. The number of ether oxygens (including phenoxy) is 2. The minimum absolute atomic E-state index is 0.0450. The predicted octanol–water partition coefficient (Wildman–Crippen LogP) is 2.55. The van der Waals surface area contributed by atoms with Crippen LogP contribution >= 0.6 is 0 Å². The van der Waals surface area contributed by atoms with Gasteiger partial charge >= 0.3 is 0 Å². The van der Waals surface area contributed by atoms with E-state index in [1.807, 2.05) is 29.2 Å². The van der Waals surface area contributed by atoms with Gasteiger partial charge in [-0.25, -0.2) is 0 Å². The number of carbonyl (C=O) groups is 2. The summed E-state index contributed by atoms with van der Waals surface area (Å²) >= 11 is 0. The molecule has 1 atom stereocenters. The fraction of sp³-hybridized carbons (Fsp3) is 0.619. The van der Waals surface area contributed by atoms with E-state index >= 15 is 0 Å². The van der Waals surface area contributed by atoms with E-state index in [1.165, 1.54) is 0 Å². The quantitative estimate of drug-likeness (QED) is 0.877. The minimum Gasteiger partial charge on any atom is -0.488 e. The summed E-state index contributed by atoms with van der Waals surface area (Å²) in [7, 11) is 1.67. The Labute approximate surface area is 162 Å². The molecule has 27 heavy (non-hydrogen) atoms. The molecule has 6 nitrogen and oxygen atoms in total. The SMILES string of the molecule is CCCN1CCCC(COC)Oc2cccc(c2)CCNC(=O)CCC1=O. The summed E-state index contributed by atoms with van der Waals surface area (Å²) < 4.78 is 11.4. The van der Waals surface area contributed by atoms with Crippen molar-refractivity contribution in [3.05, 3.63) is 29.8 Å². The predicted molar refractivity (Wildman–Crippen MR) is 105 cm³/mol. The third-order valence-corrected chi connectivity index (χ3v) is 4.66. The van der Waals surface area contributed by atoms with Gasteiger partial charge in [-0.3, -0.25) is 9.59 Å². The van der Waals surface area contributed by atoms with Crippen molar-refractivity contribution in [3.8, 4) is 5.75 Å². The number of rotatable bonds is 4. The summed E-state index contributed by atoms with van der Waals surface area (Å²) in [5, 5.41) is 2.90. The summed E-state index contributed by atoms with van der Waals surface area (Å²) in [6.45, 7) is 4.53. The smallest absolute Gasteiger partial charge is 0.223 e. The first-order chi connectivity index (χ1) is 13.1. The van der Waals surface area contributed by atoms with Gasteiger partial charge in [-0.2, -0.15) is 0 Å². The van der Waals surface area contributed by atoms with Gasteiger partial charge in [-0.05, 0) is 43.4 Å². The van der Waals surface area contributed by atoms with E-state index in [9.17, 15) is 9.59 Å². The summed E-state index contributed by atoms with van der Waals surface area (Å²) in [5.41, 5.74) is 1.11. The molecule has 1 N–H and O–H groups in total. The largest absolute Gasteiger partial charge is 0.488 e. The van der Waals surface area contributed by atoms with Gasteiger partial charge in [-0.1, -0.05) is 19.1 Å². The highest BCUT2D eigenvalue weighted by Crippen LogP contribution is 2.18. The fourth-order valence-electron chi connectivity index (χ4n) is 3.28. The molecule has 0 saturated carbocycles. The summed E-state index contributed by atoms with van der Waals surface area (Å²) in [6.07, 6.45) is 3.75. The Kier molecular flexibility index (Phi) is 9.11. The molecule has 6 heteroatoms. The second kappa shape index (κ2) is 11.6. The highest BCUT2D eigenvalue weighted by Gasteiger charge is 2.17. The van der Waals surface area contributed by atoms with Crippen LogP contribution in [0, 0.1) is 0 Å². The second-order valence-electron chi connectivity index (χ2n) is 6.97. The highest BCUT2D eigenvalue weighted by atomic mass is 16.5. The van der Waals surface area contributed by atoms with Crippen molar-refractivity contribution < 1.29 is 19.1 Å². The van der Waals surface area contributed by atoms with Crippen LogP contribution < -0.4 is 10.1 Å². The molecular weight excluding hydrogens is 344 g/mol. The molecule has 1 aliphatic rings. The van der Waals surface area contributed by atoms with Crippen LogP contribution in [0.5, 0.6) is 5.75 Å². The number of fused-ring (bicyclic) bond motifs is 2. The van der Waals surface area contributed by atoms with E-state index in [-0.39, 0.29) is 30.8 Å². The molecule has 2 bridgehead atoms. The van der Waals surface area contributed by atoms with E-state index < -0.39 is 0 Å². The van der Waals surface area contributed by atoms with Crippen LogP contribution in [-0.4, -0.2) is 56.2 Å². The van der Waals surface area contributed by atoms with E-state index in [0.29, 0.717) is 19.7 Å². The Morgan fingerprint density at radius 2 is 2.11 bits per heavy atom. The number of benzene rings is 1. The molecule has 0 radical (unpaired) electrons. The van der Waals surface area contributed by atoms with Gasteiger partial charge in [-0.15, -0.1) is 0 Å². The molecule has 0 aromatic heterocycles. The monoisotopic (exact) mass is 376 g/mol. The topological polar surface area (TPSA) is 67.9 Å². The number of nitrogens with zero attached hydrogens (tertiary/aromatic N) is 1. The van der Waals surface area contributed by atoms with Crippen LogP contribution in [0.15, 0.2) is 24.3 Å². The van der Waals surface area contributed by atoms with Gasteiger partial charge in [0.05, 0.1) is 6.61 Å². The van der Waals surface area contributed by atoms with E-state index in [4.69, 9.17) is 9.47 Å². The first-order valence-corrected chi connectivity index (χ1v) is 9.91. The molecule has 1 aromatic rings. The second-order valence-corrected chi connectivity index (χ2v) is 6.97. The molecule has 2 amide bonds. The summed E-state index contributed by atoms with van der Waals surface area (Å²) in [4.78, 5) is 26.3. The van der Waals surface area contributed by atoms with Gasteiger partial charge in [0.15, 0.2) is 0 Å². The molecule has 1 unspecified atom stereocenters. The molecule has 2 rings (SSSR count). The highest BCUT2D eigenvalue weighted by molar-refractivity contribution is 5.83. The average molecular weight is 376 g/mol. The van der Waals surface area contributed by atoms with Crippen molar-refractivity contribution in [1.29, 1.82) is 0 Å². The van der Waals surface area contributed by atoms with Gasteiger partial charge < -0.3 is 19.7 Å². The molecule has 150 valence electrons. The van der Waals surface area contributed by atoms with Crippen molar-refractivity contribution in [1.82, 2.24) is 10.2 Å². The molecule has 1 aliphatic heterocycles. The average Bonchev–Trinajstić information content (AvgIpc) is 2.65. The number of amides is 2. The van der Waals surface area contributed by atoms with Gasteiger partial charge in [0.2, 0.25) is 11.8 Å². The molecule has 0 fully saturated rings. The summed E-state index contributed by atoms with van der Waals surface area (Å²) in [6, 6.07) is 7.97. The number of nitrogens with one attached hydrogen (secondary N) is 1. The maximum Gasteiger partial charge on any atom is 0.223 e. The zero-order valence-corrected chi connectivity index (χ0v) is 16.5. The lowest BCUT2D eigenvalue weighted by Gasteiger charge is -2.24. The molecule has 0 saturated heterocycles. The van der Waals surface area contributed by atoms with Crippen molar-refractivity contribution in [2.45, 2.75) is 51.6 Å². The van der Waals surface area contributed by atoms with Crippen LogP contribution in [0.3, 0.4) is 0 Å². The summed E-state index contributed by atoms with van der Waals surface area (Å²) in [5.74, 6) is 0.794. The molecule has 1 heterocycles. The number of hydrogen-bond donors (Lipinski definition) is 1. The van der Waals surface area contributed by atoms with Crippen LogP contribution in [0.1, 0.15) is 44.6 Å². The minimum atomic E-state index is -0.0699. The molecule has 1 aromatic carbocycles. The van der Waals surface area contributed by atoms with Crippen LogP contribution in [0.25, 0.3) is 0 Å². The number of hydrogen-bond acceptors (Lipinski definition) is 4. The van der Waals surface area contributed by atoms with E-state index in [1.54, 1.807) is 7.11 Å². The Morgan fingerprint density at radius 3 is 2.89 bits per heavy atom. The zero-order chi connectivity index (χ0) is 19.5. The van der Waals surface area contributed by atoms with Crippen LogP contribution in [0.4, 0.5) is 0 Å². The van der Waals surface area contributed by atoms with Crippen molar-refractivity contribution in [3.63, 3.8) is 0 Å². The third kappa shape index (κ3) is 7.59. The maximum absolute atomic E-state index is 12.5. The Balaban J connectivity index is 2.10. The molecule has 0 aliphatic carbocycles. The van der Waals surface area contributed by atoms with Gasteiger partial charge in [0, 0.05) is 39.6 Å². The number of methoxy groups -OCH3 is 1. The standard InChI is InChI=1S/C21H32N2O4/c1-3-13-23-14-5-8-19(16-26-2)27-18-7-4-6-17(15-18)11-12-22-20(24)9-10-21(23)25/h4,6-7,15,19H,3,5,8-14,16H2,1-2H3,(H,22,24). The van der Waals surface area contributed by atoms with E-state index in [0.717, 1.165) is 43.5 Å². The van der Waals surface area contributed by atoms with E-state index in [2.05, 4.69) is 12.2 Å². The van der Waals surface area contributed by atoms with Crippen molar-refractivity contribution in [2.24, 2.45) is 0 Å². The lowest BCUT2D eigenvalue weighted by atomic mass is 10.1. The number of carbonyl (C=O) groups excluding carboxylic acids is 2. The van der Waals surface area contributed by atoms with Crippen molar-refractivity contribution >= 4 is 11.8 Å². The van der Waals surface area contributed by atoms with Gasteiger partial charge in [0.1, 0.15) is 11.9 Å². The Hall–Kier alpha value is -2.08. The lowest BCUT2D eigenvalue weighted by molar-refractivity contribution is -0.133. The van der Waals surface area contributed by atoms with Crippen LogP contribution in [0.2, 0.25) is 0 Å². The normalized spacial score (nSPS) is 20.1. The fourth-order valence-corrected chi connectivity index (χ4v) is 3.28. The van der Waals surface area contributed by atoms with Gasteiger partial charge in [0.25, 0.3) is 0 Å². The van der Waals surface area contributed by atoms with Crippen molar-refractivity contribution in [2.75, 3.05) is 33.4 Å². The third-order valence-electron chi connectivity index (χ3n) is 4.66.